The molecule has 20 heavy (non-hydrogen) atoms. The van der Waals surface area contributed by atoms with Crippen LogP contribution < -0.4 is 0 Å². The fourth-order valence-electron chi connectivity index (χ4n) is 2.75. The second-order valence-corrected chi connectivity index (χ2v) is 6.31. The van der Waals surface area contributed by atoms with Crippen LogP contribution in [0.5, 0.6) is 5.75 Å². The Hall–Kier alpha value is -1.07. The van der Waals surface area contributed by atoms with E-state index < -0.39 is 6.10 Å². The number of hydrogen-bond acceptors (Lipinski definition) is 3. The molecule has 1 aliphatic rings. The van der Waals surface area contributed by atoms with Crippen molar-refractivity contribution in [2.45, 2.75) is 44.8 Å². The molecule has 110 valence electrons. The molecule has 1 aromatic rings. The molecule has 2 N–H and O–H groups in total. The number of carbonyl (C=O) groups is 1. The first-order valence-electron chi connectivity index (χ1n) is 6.96. The summed E-state index contributed by atoms with van der Waals surface area (Å²) in [5.74, 6) is -0.161. The summed E-state index contributed by atoms with van der Waals surface area (Å²) in [6, 6.07) is 4.97. The average Bonchev–Trinajstić information content (AvgIpc) is 2.38. The predicted octanol–water partition coefficient (Wildman–Crippen LogP) is 2.92. The first kappa shape index (κ1) is 15.3. The molecule has 2 unspecified atom stereocenters. The number of aromatic hydroxyl groups is 1. The largest absolute Gasteiger partial charge is 0.507 e. The second kappa shape index (κ2) is 6.59. The monoisotopic (exact) mass is 341 g/mol. The fourth-order valence-corrected chi connectivity index (χ4v) is 3.10. The molecule has 2 rings (SSSR count). The highest BCUT2D eigenvalue weighted by molar-refractivity contribution is 9.10. The van der Waals surface area contributed by atoms with Gasteiger partial charge in [0.25, 0.3) is 5.91 Å². The van der Waals surface area contributed by atoms with Crippen molar-refractivity contribution in [3.05, 3.63) is 28.2 Å². The number of amides is 1. The van der Waals surface area contributed by atoms with Crippen molar-refractivity contribution in [3.63, 3.8) is 0 Å². The number of nitrogens with zero attached hydrogens (tertiary/aromatic N) is 1. The predicted molar refractivity (Wildman–Crippen MR) is 80.8 cm³/mol. The Kier molecular flexibility index (Phi) is 5.05. The van der Waals surface area contributed by atoms with Crippen molar-refractivity contribution in [1.82, 2.24) is 4.90 Å². The number of aliphatic hydroxyl groups excluding tert-OH is 1. The van der Waals surface area contributed by atoms with Crippen LogP contribution in [-0.4, -0.2) is 39.7 Å². The summed E-state index contributed by atoms with van der Waals surface area (Å²) < 4.78 is 0.741. The van der Waals surface area contributed by atoms with E-state index in [1.807, 2.05) is 0 Å². The van der Waals surface area contributed by atoms with Crippen LogP contribution in [0.3, 0.4) is 0 Å². The second-order valence-electron chi connectivity index (χ2n) is 5.39. The lowest BCUT2D eigenvalue weighted by Gasteiger charge is -2.36. The molecule has 1 fully saturated rings. The molecule has 1 heterocycles. The Morgan fingerprint density at radius 3 is 2.90 bits per heavy atom. The van der Waals surface area contributed by atoms with Crippen LogP contribution in [0, 0.1) is 0 Å². The molecule has 1 saturated heterocycles. The van der Waals surface area contributed by atoms with Crippen LogP contribution in [-0.2, 0) is 0 Å². The molecular weight excluding hydrogens is 322 g/mol. The zero-order valence-electron chi connectivity index (χ0n) is 11.6. The van der Waals surface area contributed by atoms with Crippen LogP contribution in [0.4, 0.5) is 0 Å². The quantitative estimate of drug-likeness (QED) is 0.888. The summed E-state index contributed by atoms with van der Waals surface area (Å²) in [5.41, 5.74) is 0.325. The Labute approximate surface area is 127 Å². The highest BCUT2D eigenvalue weighted by Crippen LogP contribution is 2.28. The molecule has 0 bridgehead atoms. The maximum atomic E-state index is 12.6. The third-order valence-electron chi connectivity index (χ3n) is 3.69. The van der Waals surface area contributed by atoms with Crippen LogP contribution in [0.25, 0.3) is 0 Å². The summed E-state index contributed by atoms with van der Waals surface area (Å²) in [5, 5.41) is 19.5. The Bertz CT molecular complexity index is 490. The first-order chi connectivity index (χ1) is 9.49. The Morgan fingerprint density at radius 1 is 1.50 bits per heavy atom. The molecule has 5 heteroatoms. The normalized spacial score (nSPS) is 20.8. The first-order valence-corrected chi connectivity index (χ1v) is 7.76. The van der Waals surface area contributed by atoms with Crippen LogP contribution >= 0.6 is 15.9 Å². The van der Waals surface area contributed by atoms with Gasteiger partial charge in [0.2, 0.25) is 0 Å². The van der Waals surface area contributed by atoms with Crippen molar-refractivity contribution in [2.75, 3.05) is 6.54 Å². The number of phenols is 1. The number of hydrogen-bond donors (Lipinski definition) is 2. The van der Waals surface area contributed by atoms with Crippen molar-refractivity contribution < 1.29 is 15.0 Å². The zero-order valence-corrected chi connectivity index (χ0v) is 13.1. The van der Waals surface area contributed by atoms with Gasteiger partial charge in [-0.05, 0) is 50.8 Å². The van der Waals surface area contributed by atoms with E-state index in [-0.39, 0.29) is 17.7 Å². The molecule has 4 nitrogen and oxygen atoms in total. The maximum absolute atomic E-state index is 12.6. The number of benzene rings is 1. The van der Waals surface area contributed by atoms with Gasteiger partial charge in [-0.15, -0.1) is 0 Å². The summed E-state index contributed by atoms with van der Waals surface area (Å²) in [6.45, 7) is 2.43. The van der Waals surface area contributed by atoms with Crippen LogP contribution in [0.2, 0.25) is 0 Å². The number of carbonyl (C=O) groups excluding carboxylic acids is 1. The highest BCUT2D eigenvalue weighted by atomic mass is 79.9. The van der Waals surface area contributed by atoms with Crippen molar-refractivity contribution in [1.29, 1.82) is 0 Å². The summed E-state index contributed by atoms with van der Waals surface area (Å²) in [6.07, 6.45) is 3.12. The van der Waals surface area contributed by atoms with E-state index in [0.717, 1.165) is 23.7 Å². The van der Waals surface area contributed by atoms with E-state index >= 15 is 0 Å². The van der Waals surface area contributed by atoms with Gasteiger partial charge in [-0.3, -0.25) is 4.79 Å². The zero-order chi connectivity index (χ0) is 14.7. The average molecular weight is 342 g/mol. The van der Waals surface area contributed by atoms with Crippen LogP contribution in [0.1, 0.15) is 43.0 Å². The molecule has 0 radical (unpaired) electrons. The lowest BCUT2D eigenvalue weighted by molar-refractivity contribution is 0.0512. The standard InChI is InChI=1S/C15H20BrNO3/c1-10(18)8-12-4-2-3-7-17(12)15(20)13-6-5-11(16)9-14(13)19/h5-6,9-10,12,18-19H,2-4,7-8H2,1H3. The molecule has 2 atom stereocenters. The van der Waals surface area contributed by atoms with E-state index in [1.54, 1.807) is 24.0 Å². The number of halogens is 1. The summed E-state index contributed by atoms with van der Waals surface area (Å²) >= 11 is 3.27. The molecule has 1 aliphatic heterocycles. The molecule has 0 aromatic heterocycles. The fraction of sp³-hybridized carbons (Fsp3) is 0.533. The van der Waals surface area contributed by atoms with Gasteiger partial charge in [0.15, 0.2) is 0 Å². The molecule has 0 saturated carbocycles. The van der Waals surface area contributed by atoms with Gasteiger partial charge in [-0.2, -0.15) is 0 Å². The lowest BCUT2D eigenvalue weighted by atomic mass is 9.96. The highest BCUT2D eigenvalue weighted by Gasteiger charge is 2.29. The summed E-state index contributed by atoms with van der Waals surface area (Å²) in [4.78, 5) is 14.4. The van der Waals surface area contributed by atoms with Crippen molar-refractivity contribution in [2.24, 2.45) is 0 Å². The number of phenolic OH excluding ortho intramolecular Hbond substituents is 1. The third kappa shape index (κ3) is 3.52. The number of aliphatic hydroxyl groups is 1. The van der Waals surface area contributed by atoms with Gasteiger partial charge in [0.05, 0.1) is 11.7 Å². The maximum Gasteiger partial charge on any atom is 0.257 e. The van der Waals surface area contributed by atoms with Gasteiger partial charge < -0.3 is 15.1 Å². The van der Waals surface area contributed by atoms with E-state index in [0.29, 0.717) is 18.5 Å². The number of likely N-dealkylation sites (tertiary alicyclic amines) is 1. The van der Waals surface area contributed by atoms with Gasteiger partial charge in [-0.1, -0.05) is 15.9 Å². The van der Waals surface area contributed by atoms with Gasteiger partial charge >= 0.3 is 0 Å². The van der Waals surface area contributed by atoms with Gasteiger partial charge in [0, 0.05) is 17.1 Å². The van der Waals surface area contributed by atoms with Crippen molar-refractivity contribution in [3.8, 4) is 5.75 Å². The lowest BCUT2D eigenvalue weighted by Crippen LogP contribution is -2.45. The molecule has 0 spiro atoms. The molecule has 1 aromatic carbocycles. The van der Waals surface area contributed by atoms with Gasteiger partial charge in [-0.25, -0.2) is 0 Å². The Balaban J connectivity index is 2.20. The van der Waals surface area contributed by atoms with Gasteiger partial charge in [0.1, 0.15) is 5.75 Å². The topological polar surface area (TPSA) is 60.8 Å². The molecular formula is C15H20BrNO3. The van der Waals surface area contributed by atoms with E-state index in [1.165, 1.54) is 6.07 Å². The third-order valence-corrected chi connectivity index (χ3v) is 4.18. The smallest absolute Gasteiger partial charge is 0.257 e. The van der Waals surface area contributed by atoms with Crippen LogP contribution in [0.15, 0.2) is 22.7 Å². The number of rotatable bonds is 3. The van der Waals surface area contributed by atoms with Crippen molar-refractivity contribution >= 4 is 21.8 Å². The Morgan fingerprint density at radius 2 is 2.25 bits per heavy atom. The minimum atomic E-state index is -0.424. The molecule has 1 amide bonds. The minimum absolute atomic E-state index is 0.00857. The molecule has 0 aliphatic carbocycles. The minimum Gasteiger partial charge on any atom is -0.507 e. The SMILES string of the molecule is CC(O)CC1CCCCN1C(=O)c1ccc(Br)cc1O. The van der Waals surface area contributed by atoms with E-state index in [4.69, 9.17) is 0 Å². The van der Waals surface area contributed by atoms with E-state index in [2.05, 4.69) is 15.9 Å². The summed E-state index contributed by atoms with van der Waals surface area (Å²) in [7, 11) is 0. The number of piperidine rings is 1. The van der Waals surface area contributed by atoms with E-state index in [9.17, 15) is 15.0 Å².